The summed E-state index contributed by atoms with van der Waals surface area (Å²) in [5, 5.41) is 8.68. The van der Waals surface area contributed by atoms with Crippen molar-refractivity contribution in [3.8, 4) is 0 Å². The number of nitrogens with zero attached hydrogens (tertiary/aromatic N) is 1. The Hall–Kier alpha value is -0.680. The zero-order valence-electron chi connectivity index (χ0n) is 10.1. The first kappa shape index (κ1) is 13.4. The van der Waals surface area contributed by atoms with Crippen molar-refractivity contribution in [3.63, 3.8) is 0 Å². The van der Waals surface area contributed by atoms with Gasteiger partial charge in [0.05, 0.1) is 18.2 Å². The molecule has 5 heteroatoms. The van der Waals surface area contributed by atoms with Crippen LogP contribution in [0.2, 0.25) is 0 Å². The van der Waals surface area contributed by atoms with E-state index in [0.29, 0.717) is 13.0 Å². The molecule has 1 rings (SSSR count). The van der Waals surface area contributed by atoms with Gasteiger partial charge >= 0.3 is 0 Å². The van der Waals surface area contributed by atoms with Crippen molar-refractivity contribution < 1.29 is 19.0 Å². The quantitative estimate of drug-likeness (QED) is 0.765. The molecule has 4 nitrogen and oxygen atoms in total. The van der Waals surface area contributed by atoms with Crippen LogP contribution in [0, 0.1) is 0 Å². The van der Waals surface area contributed by atoms with Gasteiger partial charge in [-0.2, -0.15) is 0 Å². The summed E-state index contributed by atoms with van der Waals surface area (Å²) in [6, 6.07) is 0. The van der Waals surface area contributed by atoms with Gasteiger partial charge in [0.1, 0.15) is 12.8 Å². The molecule has 1 saturated heterocycles. The molecular weight excluding hydrogens is 213 g/mol. The van der Waals surface area contributed by atoms with Gasteiger partial charge in [-0.3, -0.25) is 4.79 Å². The van der Waals surface area contributed by atoms with Crippen LogP contribution in [-0.2, 0) is 9.53 Å². The lowest BCUT2D eigenvalue weighted by atomic mass is 10.0. The van der Waals surface area contributed by atoms with Crippen molar-refractivity contribution >= 4 is 5.91 Å². The first-order chi connectivity index (χ1) is 7.33. The molecular formula is C11H20FNO3. The van der Waals surface area contributed by atoms with Crippen LogP contribution in [0.3, 0.4) is 0 Å². The lowest BCUT2D eigenvalue weighted by molar-refractivity contribution is -0.146. The summed E-state index contributed by atoms with van der Waals surface area (Å²) in [5.41, 5.74) is -0.377. The predicted molar refractivity (Wildman–Crippen MR) is 57.8 cm³/mol. The number of aliphatic hydroxyl groups is 1. The monoisotopic (exact) mass is 233 g/mol. The summed E-state index contributed by atoms with van der Waals surface area (Å²) in [7, 11) is 0. The highest BCUT2D eigenvalue weighted by atomic mass is 19.1. The van der Waals surface area contributed by atoms with E-state index in [1.165, 1.54) is 4.90 Å². The summed E-state index contributed by atoms with van der Waals surface area (Å²) >= 11 is 0. The summed E-state index contributed by atoms with van der Waals surface area (Å²) in [4.78, 5) is 12.5. The van der Waals surface area contributed by atoms with E-state index in [9.17, 15) is 9.18 Å². The van der Waals surface area contributed by atoms with Gasteiger partial charge in [-0.05, 0) is 27.2 Å². The molecule has 1 heterocycles. The van der Waals surface area contributed by atoms with Gasteiger partial charge in [0.15, 0.2) is 0 Å². The third-order valence-corrected chi connectivity index (χ3v) is 2.47. The summed E-state index contributed by atoms with van der Waals surface area (Å²) in [6.07, 6.45) is -1.16. The normalized spacial score (nSPS) is 26.9. The Balaban J connectivity index is 2.49. The van der Waals surface area contributed by atoms with E-state index < -0.39 is 24.8 Å². The molecule has 1 fully saturated rings. The Kier molecular flexibility index (Phi) is 4.27. The maximum absolute atomic E-state index is 13.7. The molecule has 0 aromatic heterocycles. The second-order valence-electron chi connectivity index (χ2n) is 5.07. The van der Waals surface area contributed by atoms with Crippen LogP contribution < -0.4 is 0 Å². The minimum atomic E-state index is -1.18. The van der Waals surface area contributed by atoms with Crippen LogP contribution in [0.15, 0.2) is 0 Å². The molecule has 0 unspecified atom stereocenters. The minimum absolute atomic E-state index is 0.0140. The van der Waals surface area contributed by atoms with E-state index in [4.69, 9.17) is 9.84 Å². The molecule has 1 N–H and O–H groups in total. The van der Waals surface area contributed by atoms with Crippen LogP contribution in [0.5, 0.6) is 0 Å². The molecule has 94 valence electrons. The fourth-order valence-corrected chi connectivity index (χ4v) is 1.80. The van der Waals surface area contributed by atoms with Crippen LogP contribution in [0.1, 0.15) is 27.2 Å². The van der Waals surface area contributed by atoms with E-state index in [1.807, 2.05) is 20.8 Å². The number of carbonyl (C=O) groups is 1. The number of amides is 1. The van der Waals surface area contributed by atoms with Gasteiger partial charge < -0.3 is 14.7 Å². The van der Waals surface area contributed by atoms with Crippen LogP contribution in [-0.4, -0.2) is 53.5 Å². The highest BCUT2D eigenvalue weighted by Crippen LogP contribution is 2.22. The third-order valence-electron chi connectivity index (χ3n) is 2.47. The SMILES string of the molecule is CC(C)(C)O[C@H]1CCN(C(=O)CO)C[C@H]1F. The molecule has 0 saturated carbocycles. The number of halogens is 1. The first-order valence-electron chi connectivity index (χ1n) is 5.54. The van der Waals surface area contributed by atoms with Gasteiger partial charge in [-0.1, -0.05) is 0 Å². The highest BCUT2D eigenvalue weighted by molar-refractivity contribution is 5.77. The van der Waals surface area contributed by atoms with E-state index >= 15 is 0 Å². The van der Waals surface area contributed by atoms with Gasteiger partial charge in [0, 0.05) is 6.54 Å². The number of hydrogen-bond donors (Lipinski definition) is 1. The number of alkyl halides is 1. The molecule has 0 aliphatic carbocycles. The van der Waals surface area contributed by atoms with Crippen molar-refractivity contribution in [1.29, 1.82) is 0 Å². The number of hydrogen-bond acceptors (Lipinski definition) is 3. The van der Waals surface area contributed by atoms with Crippen molar-refractivity contribution in [2.24, 2.45) is 0 Å². The molecule has 1 aliphatic heterocycles. The third kappa shape index (κ3) is 3.72. The summed E-state index contributed by atoms with van der Waals surface area (Å²) in [6.45, 7) is 5.54. The topological polar surface area (TPSA) is 49.8 Å². The zero-order valence-corrected chi connectivity index (χ0v) is 10.1. The summed E-state index contributed by atoms with van der Waals surface area (Å²) < 4.78 is 19.3. The Morgan fingerprint density at radius 2 is 2.19 bits per heavy atom. The molecule has 1 amide bonds. The molecule has 0 spiro atoms. The number of likely N-dealkylation sites (tertiary alicyclic amines) is 1. The van der Waals surface area contributed by atoms with Gasteiger partial charge in [0.25, 0.3) is 0 Å². The second-order valence-corrected chi connectivity index (χ2v) is 5.07. The number of aliphatic hydroxyl groups excluding tert-OH is 1. The summed E-state index contributed by atoms with van der Waals surface area (Å²) in [5.74, 6) is -0.420. The number of piperidine rings is 1. The van der Waals surface area contributed by atoms with Gasteiger partial charge in [0.2, 0.25) is 5.91 Å². The van der Waals surface area contributed by atoms with E-state index in [2.05, 4.69) is 0 Å². The van der Waals surface area contributed by atoms with E-state index in [-0.39, 0.29) is 12.1 Å². The van der Waals surface area contributed by atoms with E-state index in [1.54, 1.807) is 0 Å². The van der Waals surface area contributed by atoms with Crippen molar-refractivity contribution in [2.45, 2.75) is 45.1 Å². The number of ether oxygens (including phenoxy) is 1. The average molecular weight is 233 g/mol. The molecule has 2 atom stereocenters. The predicted octanol–water partition coefficient (Wildman–Crippen LogP) is 0.733. The molecule has 1 aliphatic rings. The lowest BCUT2D eigenvalue weighted by Gasteiger charge is -2.37. The molecule has 0 aromatic carbocycles. The highest BCUT2D eigenvalue weighted by Gasteiger charge is 2.34. The molecule has 0 aromatic rings. The number of carbonyl (C=O) groups excluding carboxylic acids is 1. The maximum Gasteiger partial charge on any atom is 0.248 e. The minimum Gasteiger partial charge on any atom is -0.387 e. The van der Waals surface area contributed by atoms with Crippen molar-refractivity contribution in [1.82, 2.24) is 4.90 Å². The lowest BCUT2D eigenvalue weighted by Crippen LogP contribution is -2.50. The number of rotatable bonds is 2. The first-order valence-corrected chi connectivity index (χ1v) is 5.54. The second kappa shape index (κ2) is 5.10. The Morgan fingerprint density at radius 1 is 1.56 bits per heavy atom. The zero-order chi connectivity index (χ0) is 12.3. The maximum atomic E-state index is 13.7. The Bertz CT molecular complexity index is 252. The standard InChI is InChI=1S/C11H20FNO3/c1-11(2,3)16-9-4-5-13(6-8(9)12)10(15)7-14/h8-9,14H,4-7H2,1-3H3/t8-,9+/m1/s1. The van der Waals surface area contributed by atoms with Gasteiger partial charge in [-0.25, -0.2) is 4.39 Å². The average Bonchev–Trinajstić information content (AvgIpc) is 2.18. The van der Waals surface area contributed by atoms with Crippen LogP contribution >= 0.6 is 0 Å². The van der Waals surface area contributed by atoms with Crippen LogP contribution in [0.25, 0.3) is 0 Å². The van der Waals surface area contributed by atoms with Crippen molar-refractivity contribution in [2.75, 3.05) is 19.7 Å². The van der Waals surface area contributed by atoms with Gasteiger partial charge in [-0.15, -0.1) is 0 Å². The smallest absolute Gasteiger partial charge is 0.248 e. The molecule has 0 radical (unpaired) electrons. The fraction of sp³-hybridized carbons (Fsp3) is 0.909. The molecule has 0 bridgehead atoms. The Morgan fingerprint density at radius 3 is 2.62 bits per heavy atom. The fourth-order valence-electron chi connectivity index (χ4n) is 1.80. The van der Waals surface area contributed by atoms with Crippen LogP contribution in [0.4, 0.5) is 4.39 Å². The van der Waals surface area contributed by atoms with Crippen molar-refractivity contribution in [3.05, 3.63) is 0 Å². The Labute approximate surface area is 95.4 Å². The molecule has 16 heavy (non-hydrogen) atoms. The largest absolute Gasteiger partial charge is 0.387 e. The van der Waals surface area contributed by atoms with E-state index in [0.717, 1.165) is 0 Å².